The van der Waals surface area contributed by atoms with E-state index in [0.717, 1.165) is 18.0 Å². The standard InChI is InChI=1S/C34H40F2N8O4/c1-20(40-31(45)47-33(2,3)4)23-10-11-37-29-24(23)16-21(17-25(29)35)28-26(36)19-39-30(42-28)41-27-9-8-22(18-38-27)43-12-14-44(15-13-43)32(46)48-34(5,6)7/h8-11,16-20H,12-15H2,1-7H3,(H,40,45)(H,38,39,41,42). The molecule has 1 aliphatic rings. The fourth-order valence-electron chi connectivity index (χ4n) is 5.17. The second-order valence-corrected chi connectivity index (χ2v) is 13.5. The molecule has 1 saturated heterocycles. The molecule has 3 aromatic heterocycles. The molecule has 0 bridgehead atoms. The molecule has 14 heteroatoms. The summed E-state index contributed by atoms with van der Waals surface area (Å²) in [5.74, 6) is -0.949. The summed E-state index contributed by atoms with van der Waals surface area (Å²) in [5, 5.41) is 6.12. The summed E-state index contributed by atoms with van der Waals surface area (Å²) < 4.78 is 41.3. The van der Waals surface area contributed by atoms with Gasteiger partial charge in [0.1, 0.15) is 34.0 Å². The molecule has 48 heavy (non-hydrogen) atoms. The zero-order valence-electron chi connectivity index (χ0n) is 28.1. The molecule has 0 saturated carbocycles. The number of piperazine rings is 1. The van der Waals surface area contributed by atoms with Gasteiger partial charge in [-0.2, -0.15) is 0 Å². The summed E-state index contributed by atoms with van der Waals surface area (Å²) in [7, 11) is 0. The fraction of sp³-hybridized carbons (Fsp3) is 0.412. The normalized spacial score (nSPS) is 14.4. The number of ether oxygens (including phenoxy) is 2. The number of halogens is 2. The number of carbonyl (C=O) groups excluding carboxylic acids is 2. The maximum atomic E-state index is 15.4. The molecule has 2 N–H and O–H groups in total. The summed E-state index contributed by atoms with van der Waals surface area (Å²) in [6.07, 6.45) is 3.18. The summed E-state index contributed by atoms with van der Waals surface area (Å²) >= 11 is 0. The Bertz CT molecular complexity index is 1800. The number of nitrogens with one attached hydrogen (secondary N) is 2. The maximum Gasteiger partial charge on any atom is 0.410 e. The molecule has 12 nitrogen and oxygen atoms in total. The molecule has 1 atom stereocenters. The summed E-state index contributed by atoms with van der Waals surface area (Å²) in [6.45, 7) is 14.8. The van der Waals surface area contributed by atoms with Crippen LogP contribution in [0.2, 0.25) is 0 Å². The van der Waals surface area contributed by atoms with Crippen molar-refractivity contribution in [1.29, 1.82) is 0 Å². The first-order valence-electron chi connectivity index (χ1n) is 15.6. The van der Waals surface area contributed by atoms with Gasteiger partial charge in [0.05, 0.1) is 24.1 Å². The van der Waals surface area contributed by atoms with Crippen molar-refractivity contribution in [3.8, 4) is 11.3 Å². The average Bonchev–Trinajstić information content (AvgIpc) is 3.00. The molecule has 0 spiro atoms. The van der Waals surface area contributed by atoms with Gasteiger partial charge in [0, 0.05) is 43.3 Å². The molecule has 1 fully saturated rings. The van der Waals surface area contributed by atoms with Crippen molar-refractivity contribution in [3.63, 3.8) is 0 Å². The number of pyridine rings is 2. The molecule has 1 unspecified atom stereocenters. The van der Waals surface area contributed by atoms with E-state index in [9.17, 15) is 9.59 Å². The van der Waals surface area contributed by atoms with Crippen molar-refractivity contribution in [2.75, 3.05) is 36.4 Å². The van der Waals surface area contributed by atoms with E-state index in [0.29, 0.717) is 42.9 Å². The number of carbonyl (C=O) groups is 2. The first-order chi connectivity index (χ1) is 22.6. The van der Waals surface area contributed by atoms with Crippen LogP contribution in [0.1, 0.15) is 60.1 Å². The highest BCUT2D eigenvalue weighted by atomic mass is 19.1. The molecule has 1 aromatic carbocycles. The van der Waals surface area contributed by atoms with Crippen LogP contribution < -0.4 is 15.5 Å². The molecule has 4 aromatic rings. The molecule has 5 rings (SSSR count). The quantitative estimate of drug-likeness (QED) is 0.228. The van der Waals surface area contributed by atoms with E-state index in [1.165, 1.54) is 6.20 Å². The van der Waals surface area contributed by atoms with E-state index in [2.05, 4.69) is 35.5 Å². The lowest BCUT2D eigenvalue weighted by atomic mass is 9.99. The van der Waals surface area contributed by atoms with Gasteiger partial charge < -0.3 is 29.9 Å². The lowest BCUT2D eigenvalue weighted by molar-refractivity contribution is 0.0240. The van der Waals surface area contributed by atoms with Crippen LogP contribution in [0.5, 0.6) is 0 Å². The van der Waals surface area contributed by atoms with Gasteiger partial charge in [-0.05, 0) is 84.4 Å². The molecule has 2 amide bonds. The Morgan fingerprint density at radius 2 is 1.58 bits per heavy atom. The second kappa shape index (κ2) is 13.5. The Kier molecular flexibility index (Phi) is 9.64. The van der Waals surface area contributed by atoms with Crippen molar-refractivity contribution >= 4 is 40.5 Å². The van der Waals surface area contributed by atoms with Gasteiger partial charge in [0.15, 0.2) is 5.82 Å². The van der Waals surface area contributed by atoms with E-state index < -0.39 is 35.0 Å². The van der Waals surface area contributed by atoms with Gasteiger partial charge in [-0.25, -0.2) is 33.3 Å². The Labute approximate surface area is 277 Å². The minimum absolute atomic E-state index is 0.0597. The van der Waals surface area contributed by atoms with Gasteiger partial charge in [-0.15, -0.1) is 0 Å². The predicted molar refractivity (Wildman–Crippen MR) is 178 cm³/mol. The highest BCUT2D eigenvalue weighted by molar-refractivity contribution is 5.88. The Morgan fingerprint density at radius 3 is 2.23 bits per heavy atom. The first-order valence-corrected chi connectivity index (χ1v) is 15.6. The van der Waals surface area contributed by atoms with E-state index in [1.807, 2.05) is 26.8 Å². The van der Waals surface area contributed by atoms with Crippen LogP contribution >= 0.6 is 0 Å². The minimum Gasteiger partial charge on any atom is -0.444 e. The van der Waals surface area contributed by atoms with Gasteiger partial charge in [0.25, 0.3) is 0 Å². The third-order valence-electron chi connectivity index (χ3n) is 7.33. The van der Waals surface area contributed by atoms with Gasteiger partial charge in [-0.1, -0.05) is 0 Å². The SMILES string of the molecule is CC(NC(=O)OC(C)(C)C)c1ccnc2c(F)cc(-c3nc(Nc4ccc(N5CCN(C(=O)OC(C)(C)C)CC5)cn4)ncc3F)cc12. The second-order valence-electron chi connectivity index (χ2n) is 13.5. The molecular weight excluding hydrogens is 622 g/mol. The highest BCUT2D eigenvalue weighted by Gasteiger charge is 2.26. The molecule has 1 aliphatic heterocycles. The first kappa shape index (κ1) is 34.2. The van der Waals surface area contributed by atoms with E-state index in [-0.39, 0.29) is 28.8 Å². The van der Waals surface area contributed by atoms with Crippen LogP contribution in [0.3, 0.4) is 0 Å². The molecule has 0 aliphatic carbocycles. The topological polar surface area (TPSA) is 135 Å². The maximum absolute atomic E-state index is 15.4. The Balaban J connectivity index is 1.31. The van der Waals surface area contributed by atoms with Crippen molar-refractivity contribution in [3.05, 3.63) is 66.1 Å². The van der Waals surface area contributed by atoms with Crippen molar-refractivity contribution in [2.45, 2.75) is 65.7 Å². The average molecular weight is 663 g/mol. The summed E-state index contributed by atoms with van der Waals surface area (Å²) in [5.41, 5.74) is 0.288. The number of fused-ring (bicyclic) bond motifs is 1. The molecule has 254 valence electrons. The molecule has 4 heterocycles. The number of hydrogen-bond acceptors (Lipinski definition) is 10. The third kappa shape index (κ3) is 8.41. The largest absolute Gasteiger partial charge is 0.444 e. The number of amides is 2. The number of hydrogen-bond donors (Lipinski definition) is 2. The fourth-order valence-corrected chi connectivity index (χ4v) is 5.17. The minimum atomic E-state index is -0.751. The third-order valence-corrected chi connectivity index (χ3v) is 7.33. The number of alkyl carbamates (subject to hydrolysis) is 1. The summed E-state index contributed by atoms with van der Waals surface area (Å²) in [4.78, 5) is 45.6. The zero-order valence-corrected chi connectivity index (χ0v) is 28.1. The van der Waals surface area contributed by atoms with Crippen LogP contribution in [0.25, 0.3) is 22.2 Å². The number of aromatic nitrogens is 4. The van der Waals surface area contributed by atoms with E-state index >= 15 is 8.78 Å². The summed E-state index contributed by atoms with van der Waals surface area (Å²) in [6, 6.07) is 7.45. The lowest BCUT2D eigenvalue weighted by Gasteiger charge is -2.36. The van der Waals surface area contributed by atoms with Crippen LogP contribution in [0.4, 0.5) is 35.8 Å². The van der Waals surface area contributed by atoms with Crippen molar-refractivity contribution in [1.82, 2.24) is 30.2 Å². The van der Waals surface area contributed by atoms with Crippen molar-refractivity contribution in [2.24, 2.45) is 0 Å². The Morgan fingerprint density at radius 1 is 0.875 bits per heavy atom. The predicted octanol–water partition coefficient (Wildman–Crippen LogP) is 6.75. The number of anilines is 3. The zero-order chi connectivity index (χ0) is 34.8. The number of rotatable bonds is 6. The Hall–Kier alpha value is -5.14. The number of benzene rings is 1. The highest BCUT2D eigenvalue weighted by Crippen LogP contribution is 2.31. The van der Waals surface area contributed by atoms with Gasteiger partial charge >= 0.3 is 12.2 Å². The van der Waals surface area contributed by atoms with Crippen molar-refractivity contribution < 1.29 is 27.8 Å². The lowest BCUT2D eigenvalue weighted by Crippen LogP contribution is -2.50. The van der Waals surface area contributed by atoms with Gasteiger partial charge in [0.2, 0.25) is 5.95 Å². The van der Waals surface area contributed by atoms with E-state index in [1.54, 1.807) is 57.0 Å². The molecule has 0 radical (unpaired) electrons. The van der Waals surface area contributed by atoms with Gasteiger partial charge in [-0.3, -0.25) is 4.98 Å². The van der Waals surface area contributed by atoms with E-state index in [4.69, 9.17) is 9.47 Å². The van der Waals surface area contributed by atoms with Crippen LogP contribution in [0, 0.1) is 11.6 Å². The number of nitrogens with zero attached hydrogens (tertiary/aromatic N) is 6. The van der Waals surface area contributed by atoms with Crippen LogP contribution in [-0.2, 0) is 9.47 Å². The smallest absolute Gasteiger partial charge is 0.410 e. The van der Waals surface area contributed by atoms with Crippen LogP contribution in [0.15, 0.2) is 48.9 Å². The molecular formula is C34H40F2N8O4. The monoisotopic (exact) mass is 662 g/mol. The van der Waals surface area contributed by atoms with Crippen LogP contribution in [-0.4, -0.2) is 74.4 Å².